The maximum atomic E-state index is 5.52. The van der Waals surface area contributed by atoms with Crippen LogP contribution in [-0.4, -0.2) is 78.8 Å². The van der Waals surface area contributed by atoms with Crippen LogP contribution < -0.4 is 15.5 Å². The summed E-state index contributed by atoms with van der Waals surface area (Å²) in [5.74, 6) is 1.09. The quantitative estimate of drug-likeness (QED) is 0.667. The topological polar surface area (TPSA) is 46.7 Å². The van der Waals surface area contributed by atoms with Crippen LogP contribution in [0.3, 0.4) is 0 Å². The van der Waals surface area contributed by atoms with Crippen LogP contribution in [0.1, 0.15) is 31.7 Å². The van der Waals surface area contributed by atoms with Crippen molar-refractivity contribution >= 4 is 39.7 Å². The molecule has 0 aliphatic carbocycles. The van der Waals surface area contributed by atoms with Gasteiger partial charge in [0.1, 0.15) is 5.82 Å². The number of aryl methyl sites for hydroxylation is 1. The van der Waals surface area contributed by atoms with Gasteiger partial charge in [-0.05, 0) is 81.4 Å². The molecule has 0 unspecified atom stereocenters. The molecule has 0 radical (unpaired) electrons. The monoisotopic (exact) mass is 440 g/mol. The molecule has 2 aromatic rings. The van der Waals surface area contributed by atoms with Gasteiger partial charge >= 0.3 is 0 Å². The first-order valence-corrected chi connectivity index (χ1v) is 12.2. The van der Waals surface area contributed by atoms with Crippen molar-refractivity contribution in [2.75, 3.05) is 69.1 Å². The standard InChI is InChI=1S/C24H36N6S/c1-3-28-13-15-30(16-14-28)23-17-19(2)21-18-20(7-8-22(21)27-23)26-24(31)25-9-12-29-10-5-4-6-11-29/h7-8,17-18H,3-6,9-16H2,1-2H3,(H2,25,26,31). The van der Waals surface area contributed by atoms with Crippen LogP contribution in [0.25, 0.3) is 10.9 Å². The number of aromatic nitrogens is 1. The number of benzene rings is 1. The molecule has 2 saturated heterocycles. The third-order valence-electron chi connectivity index (χ3n) is 6.57. The maximum Gasteiger partial charge on any atom is 0.170 e. The Labute approximate surface area is 192 Å². The summed E-state index contributed by atoms with van der Waals surface area (Å²) < 4.78 is 0. The first-order valence-electron chi connectivity index (χ1n) is 11.8. The van der Waals surface area contributed by atoms with Gasteiger partial charge in [0.25, 0.3) is 0 Å². The van der Waals surface area contributed by atoms with Crippen molar-refractivity contribution in [3.63, 3.8) is 0 Å². The van der Waals surface area contributed by atoms with Crippen molar-refractivity contribution in [1.29, 1.82) is 0 Å². The molecule has 2 fully saturated rings. The lowest BCUT2D eigenvalue weighted by molar-refractivity contribution is 0.232. The first-order chi connectivity index (χ1) is 15.1. The minimum atomic E-state index is 0.687. The summed E-state index contributed by atoms with van der Waals surface area (Å²) in [6.45, 7) is 14.2. The number of nitrogens with zero attached hydrogens (tertiary/aromatic N) is 4. The normalized spacial score (nSPS) is 18.3. The Hall–Kier alpha value is -1.96. The van der Waals surface area contributed by atoms with Gasteiger partial charge in [-0.15, -0.1) is 0 Å². The van der Waals surface area contributed by atoms with E-state index >= 15 is 0 Å². The van der Waals surface area contributed by atoms with E-state index in [1.54, 1.807) is 0 Å². The van der Waals surface area contributed by atoms with Crippen molar-refractivity contribution in [2.45, 2.75) is 33.1 Å². The Bertz CT molecular complexity index is 887. The van der Waals surface area contributed by atoms with E-state index in [1.807, 2.05) is 0 Å². The predicted molar refractivity (Wildman–Crippen MR) is 135 cm³/mol. The van der Waals surface area contributed by atoms with Crippen molar-refractivity contribution in [2.24, 2.45) is 0 Å². The van der Waals surface area contributed by atoms with Crippen LogP contribution in [-0.2, 0) is 0 Å². The first kappa shape index (κ1) is 22.2. The van der Waals surface area contributed by atoms with Crippen LogP contribution in [0.2, 0.25) is 0 Å². The summed E-state index contributed by atoms with van der Waals surface area (Å²) in [4.78, 5) is 12.4. The lowest BCUT2D eigenvalue weighted by atomic mass is 10.1. The van der Waals surface area contributed by atoms with E-state index in [4.69, 9.17) is 17.2 Å². The number of piperazine rings is 1. The molecule has 7 heteroatoms. The largest absolute Gasteiger partial charge is 0.361 e. The van der Waals surface area contributed by atoms with Gasteiger partial charge in [-0.3, -0.25) is 0 Å². The van der Waals surface area contributed by atoms with Gasteiger partial charge in [0.2, 0.25) is 0 Å². The van der Waals surface area contributed by atoms with Gasteiger partial charge in [0.05, 0.1) is 5.52 Å². The number of piperidine rings is 1. The van der Waals surface area contributed by atoms with E-state index in [0.29, 0.717) is 5.11 Å². The number of fused-ring (bicyclic) bond motifs is 1. The van der Waals surface area contributed by atoms with Gasteiger partial charge in [0, 0.05) is 50.3 Å². The zero-order valence-corrected chi connectivity index (χ0v) is 19.8. The molecule has 0 saturated carbocycles. The lowest BCUT2D eigenvalue weighted by Crippen LogP contribution is -2.46. The average molecular weight is 441 g/mol. The molecule has 0 amide bonds. The van der Waals surface area contributed by atoms with E-state index in [0.717, 1.165) is 62.8 Å². The summed E-state index contributed by atoms with van der Waals surface area (Å²) in [5, 5.41) is 8.57. The molecular weight excluding hydrogens is 404 g/mol. The number of anilines is 2. The van der Waals surface area contributed by atoms with Crippen LogP contribution in [0.5, 0.6) is 0 Å². The fourth-order valence-corrected chi connectivity index (χ4v) is 4.82. The molecule has 2 aliphatic rings. The lowest BCUT2D eigenvalue weighted by Gasteiger charge is -2.35. The molecule has 0 atom stereocenters. The zero-order valence-electron chi connectivity index (χ0n) is 19.0. The Kier molecular flexibility index (Phi) is 7.58. The highest BCUT2D eigenvalue weighted by atomic mass is 32.1. The van der Waals surface area contributed by atoms with E-state index in [1.165, 1.54) is 43.3 Å². The van der Waals surface area contributed by atoms with Crippen LogP contribution in [0.15, 0.2) is 24.3 Å². The molecule has 1 aromatic carbocycles. The van der Waals surface area contributed by atoms with Crippen LogP contribution >= 0.6 is 12.2 Å². The fraction of sp³-hybridized carbons (Fsp3) is 0.583. The molecule has 4 rings (SSSR count). The summed E-state index contributed by atoms with van der Waals surface area (Å²) in [7, 11) is 0. The van der Waals surface area contributed by atoms with E-state index < -0.39 is 0 Å². The molecule has 3 heterocycles. The number of likely N-dealkylation sites (tertiary alicyclic amines) is 1. The highest BCUT2D eigenvalue weighted by Gasteiger charge is 2.18. The number of likely N-dealkylation sites (N-methyl/N-ethyl adjacent to an activating group) is 1. The third kappa shape index (κ3) is 5.84. The average Bonchev–Trinajstić information content (AvgIpc) is 2.80. The Morgan fingerprint density at radius 2 is 1.77 bits per heavy atom. The van der Waals surface area contributed by atoms with Crippen LogP contribution in [0, 0.1) is 6.92 Å². The molecule has 2 N–H and O–H groups in total. The Morgan fingerprint density at radius 3 is 2.52 bits per heavy atom. The highest BCUT2D eigenvalue weighted by Crippen LogP contribution is 2.26. The minimum absolute atomic E-state index is 0.687. The smallest absolute Gasteiger partial charge is 0.170 e. The van der Waals surface area contributed by atoms with Gasteiger partial charge in [-0.2, -0.15) is 0 Å². The summed E-state index contributed by atoms with van der Waals surface area (Å²) in [6, 6.07) is 8.57. The van der Waals surface area contributed by atoms with Gasteiger partial charge in [-0.25, -0.2) is 4.98 Å². The number of nitrogens with one attached hydrogen (secondary N) is 2. The van der Waals surface area contributed by atoms with Crippen LogP contribution in [0.4, 0.5) is 11.5 Å². The van der Waals surface area contributed by atoms with Crippen molar-refractivity contribution in [3.05, 3.63) is 29.8 Å². The Morgan fingerprint density at radius 1 is 1.00 bits per heavy atom. The number of pyridine rings is 1. The van der Waals surface area contributed by atoms with Gasteiger partial charge < -0.3 is 25.3 Å². The molecule has 0 spiro atoms. The van der Waals surface area contributed by atoms with Crippen molar-refractivity contribution in [3.8, 4) is 0 Å². The molecular formula is C24H36N6S. The van der Waals surface area contributed by atoms with E-state index in [2.05, 4.69) is 63.4 Å². The molecule has 6 nitrogen and oxygen atoms in total. The zero-order chi connectivity index (χ0) is 21.6. The van der Waals surface area contributed by atoms with Crippen molar-refractivity contribution in [1.82, 2.24) is 20.1 Å². The second kappa shape index (κ2) is 10.6. The number of hydrogen-bond donors (Lipinski definition) is 2. The molecule has 2 aliphatic heterocycles. The summed E-state index contributed by atoms with van der Waals surface area (Å²) in [5.41, 5.74) is 3.31. The van der Waals surface area contributed by atoms with Crippen molar-refractivity contribution < 1.29 is 0 Å². The predicted octanol–water partition coefficient (Wildman–Crippen LogP) is 3.46. The van der Waals surface area contributed by atoms with Gasteiger partial charge in [-0.1, -0.05) is 13.3 Å². The van der Waals surface area contributed by atoms with E-state index in [-0.39, 0.29) is 0 Å². The number of thiocarbonyl (C=S) groups is 1. The summed E-state index contributed by atoms with van der Waals surface area (Å²) in [6.07, 6.45) is 4.02. The molecule has 0 bridgehead atoms. The van der Waals surface area contributed by atoms with E-state index in [9.17, 15) is 0 Å². The molecule has 1 aromatic heterocycles. The molecule has 31 heavy (non-hydrogen) atoms. The second-order valence-electron chi connectivity index (χ2n) is 8.73. The maximum absolute atomic E-state index is 5.52. The third-order valence-corrected chi connectivity index (χ3v) is 6.81. The highest BCUT2D eigenvalue weighted by molar-refractivity contribution is 7.80. The minimum Gasteiger partial charge on any atom is -0.361 e. The fourth-order valence-electron chi connectivity index (χ4n) is 4.60. The SMILES string of the molecule is CCN1CCN(c2cc(C)c3cc(NC(=S)NCCN4CCCCC4)ccc3n2)CC1. The Balaban J connectivity index is 1.35. The molecule has 168 valence electrons. The summed E-state index contributed by atoms with van der Waals surface area (Å²) >= 11 is 5.52. The second-order valence-corrected chi connectivity index (χ2v) is 9.14. The van der Waals surface area contributed by atoms with Gasteiger partial charge in [0.15, 0.2) is 5.11 Å². The number of rotatable bonds is 6. The number of hydrogen-bond acceptors (Lipinski definition) is 5.